The minimum Gasteiger partial charge on any atom is -0.354 e. The third-order valence-electron chi connectivity index (χ3n) is 3.22. The minimum absolute atomic E-state index is 0.0119. The Kier molecular flexibility index (Phi) is 4.67. The van der Waals surface area contributed by atoms with Crippen molar-refractivity contribution < 1.29 is 9.72 Å². The van der Waals surface area contributed by atoms with Gasteiger partial charge >= 0.3 is 0 Å². The van der Waals surface area contributed by atoms with Crippen molar-refractivity contribution >= 4 is 17.3 Å². The summed E-state index contributed by atoms with van der Waals surface area (Å²) in [7, 11) is 1.86. The number of amides is 1. The molecule has 0 unspecified atom stereocenters. The number of carbonyl (C=O) groups excluding carboxylic acids is 1. The highest BCUT2D eigenvalue weighted by molar-refractivity contribution is 5.99. The second-order valence-electron chi connectivity index (χ2n) is 4.83. The van der Waals surface area contributed by atoms with Crippen molar-refractivity contribution in [3.05, 3.63) is 64.0 Å². The van der Waals surface area contributed by atoms with Crippen molar-refractivity contribution in [3.63, 3.8) is 0 Å². The highest BCUT2D eigenvalue weighted by Gasteiger charge is 2.08. The molecule has 0 radical (unpaired) electrons. The van der Waals surface area contributed by atoms with Crippen LogP contribution in [0.1, 0.15) is 18.2 Å². The quantitative estimate of drug-likeness (QED) is 0.520. The Labute approximate surface area is 127 Å². The molecular formula is C15H16N4O3. The molecule has 2 aromatic rings. The van der Waals surface area contributed by atoms with E-state index in [2.05, 4.69) is 10.5 Å². The lowest BCUT2D eigenvalue weighted by atomic mass is 10.1. The molecule has 0 saturated carbocycles. The lowest BCUT2D eigenvalue weighted by Crippen LogP contribution is -2.22. The molecule has 1 amide bonds. The molecule has 0 bridgehead atoms. The molecule has 114 valence electrons. The van der Waals surface area contributed by atoms with Gasteiger partial charge in [0.15, 0.2) is 0 Å². The molecule has 22 heavy (non-hydrogen) atoms. The van der Waals surface area contributed by atoms with Gasteiger partial charge in [-0.05, 0) is 19.1 Å². The van der Waals surface area contributed by atoms with Gasteiger partial charge in [-0.1, -0.05) is 12.1 Å². The number of benzene rings is 1. The molecule has 1 aromatic heterocycles. The summed E-state index contributed by atoms with van der Waals surface area (Å²) < 4.78 is 1.86. The lowest BCUT2D eigenvalue weighted by molar-refractivity contribution is -0.384. The molecule has 1 N–H and O–H groups in total. The van der Waals surface area contributed by atoms with Gasteiger partial charge in [0.1, 0.15) is 0 Å². The van der Waals surface area contributed by atoms with E-state index in [1.807, 2.05) is 29.9 Å². The number of rotatable bonds is 5. The van der Waals surface area contributed by atoms with E-state index in [-0.39, 0.29) is 18.0 Å². The van der Waals surface area contributed by atoms with Gasteiger partial charge in [0.05, 0.1) is 17.1 Å². The Morgan fingerprint density at radius 3 is 2.77 bits per heavy atom. The first-order valence-electron chi connectivity index (χ1n) is 6.65. The summed E-state index contributed by atoms with van der Waals surface area (Å²) in [5.74, 6) is -0.244. The first-order valence-corrected chi connectivity index (χ1v) is 6.65. The van der Waals surface area contributed by atoms with Crippen LogP contribution >= 0.6 is 0 Å². The molecule has 0 spiro atoms. The number of non-ortho nitro benzene ring substituents is 1. The fraction of sp³-hybridized carbons (Fsp3) is 0.200. The molecule has 1 aromatic carbocycles. The maximum Gasteiger partial charge on any atom is 0.270 e. The zero-order valence-corrected chi connectivity index (χ0v) is 12.3. The number of nitro benzene ring substituents is 1. The molecule has 0 fully saturated rings. The summed E-state index contributed by atoms with van der Waals surface area (Å²) in [4.78, 5) is 22.1. The van der Waals surface area contributed by atoms with Crippen LogP contribution < -0.4 is 5.43 Å². The van der Waals surface area contributed by atoms with Crippen LogP contribution in [0.3, 0.4) is 0 Å². The van der Waals surface area contributed by atoms with Crippen LogP contribution in [0, 0.1) is 10.1 Å². The zero-order chi connectivity index (χ0) is 16.1. The van der Waals surface area contributed by atoms with Crippen LogP contribution in [-0.2, 0) is 18.3 Å². The van der Waals surface area contributed by atoms with E-state index in [4.69, 9.17) is 0 Å². The van der Waals surface area contributed by atoms with Gasteiger partial charge in [0, 0.05) is 36.6 Å². The van der Waals surface area contributed by atoms with Gasteiger partial charge in [0.25, 0.3) is 5.69 Å². The van der Waals surface area contributed by atoms with E-state index in [0.717, 1.165) is 5.69 Å². The average Bonchev–Trinajstić information content (AvgIpc) is 2.90. The van der Waals surface area contributed by atoms with Gasteiger partial charge in [-0.3, -0.25) is 14.9 Å². The fourth-order valence-electron chi connectivity index (χ4n) is 1.94. The number of nitrogens with zero attached hydrogens (tertiary/aromatic N) is 3. The Balaban J connectivity index is 2.03. The number of carbonyl (C=O) groups is 1. The molecular weight excluding hydrogens is 284 g/mol. The lowest BCUT2D eigenvalue weighted by Gasteiger charge is -2.04. The maximum atomic E-state index is 11.8. The Bertz CT molecular complexity index is 734. The van der Waals surface area contributed by atoms with Gasteiger partial charge in [-0.2, -0.15) is 5.10 Å². The van der Waals surface area contributed by atoms with Crippen molar-refractivity contribution in [1.29, 1.82) is 0 Å². The summed E-state index contributed by atoms with van der Waals surface area (Å²) in [6.07, 6.45) is 2.08. The van der Waals surface area contributed by atoms with Crippen molar-refractivity contribution in [2.75, 3.05) is 0 Å². The number of aromatic nitrogens is 1. The van der Waals surface area contributed by atoms with Gasteiger partial charge in [-0.25, -0.2) is 5.43 Å². The largest absolute Gasteiger partial charge is 0.354 e. The Morgan fingerprint density at radius 1 is 1.36 bits per heavy atom. The Hall–Kier alpha value is -2.96. The predicted octanol–water partition coefficient (Wildman–Crippen LogP) is 2.02. The molecule has 0 aliphatic carbocycles. The molecule has 0 aliphatic rings. The normalized spacial score (nSPS) is 11.3. The SMILES string of the molecule is C/C(=N\NC(=O)Cc1cccn1C)c1cccc([N+](=O)[O-])c1. The highest BCUT2D eigenvalue weighted by atomic mass is 16.6. The molecule has 0 aliphatic heterocycles. The van der Waals surface area contributed by atoms with Gasteiger partial charge < -0.3 is 4.57 Å². The summed E-state index contributed by atoms with van der Waals surface area (Å²) in [5.41, 5.74) is 4.42. The molecule has 7 nitrogen and oxygen atoms in total. The summed E-state index contributed by atoms with van der Waals surface area (Å²) in [5, 5.41) is 14.7. The van der Waals surface area contributed by atoms with Crippen LogP contribution in [0.2, 0.25) is 0 Å². The van der Waals surface area contributed by atoms with Crippen molar-refractivity contribution in [2.24, 2.45) is 12.1 Å². The summed E-state index contributed by atoms with van der Waals surface area (Å²) >= 11 is 0. The molecule has 0 atom stereocenters. The van der Waals surface area contributed by atoms with Crippen molar-refractivity contribution in [2.45, 2.75) is 13.3 Å². The first kappa shape index (κ1) is 15.4. The number of nitrogens with one attached hydrogen (secondary N) is 1. The molecule has 0 saturated heterocycles. The number of hydrogen-bond acceptors (Lipinski definition) is 4. The average molecular weight is 300 g/mol. The number of hydrogen-bond donors (Lipinski definition) is 1. The maximum absolute atomic E-state index is 11.8. The van der Waals surface area contributed by atoms with Gasteiger partial charge in [-0.15, -0.1) is 0 Å². The third-order valence-corrected chi connectivity index (χ3v) is 3.22. The summed E-state index contributed by atoms with van der Waals surface area (Å²) in [6, 6.07) is 9.83. The van der Waals surface area contributed by atoms with Crippen LogP contribution in [0.5, 0.6) is 0 Å². The van der Waals surface area contributed by atoms with E-state index in [1.165, 1.54) is 12.1 Å². The second-order valence-corrected chi connectivity index (χ2v) is 4.83. The van der Waals surface area contributed by atoms with Gasteiger partial charge in [0.2, 0.25) is 5.91 Å². The van der Waals surface area contributed by atoms with E-state index in [0.29, 0.717) is 11.3 Å². The summed E-state index contributed by atoms with van der Waals surface area (Å²) in [6.45, 7) is 1.68. The molecule has 2 rings (SSSR count). The first-order chi connectivity index (χ1) is 10.5. The smallest absolute Gasteiger partial charge is 0.270 e. The number of nitro groups is 1. The second kappa shape index (κ2) is 6.66. The van der Waals surface area contributed by atoms with Crippen LogP contribution in [0.25, 0.3) is 0 Å². The topological polar surface area (TPSA) is 89.5 Å². The standard InChI is InChI=1S/C15H16N4O3/c1-11(12-5-3-6-14(9-12)19(21)22)16-17-15(20)10-13-7-4-8-18(13)2/h3-9H,10H2,1-2H3,(H,17,20)/b16-11+. The van der Waals surface area contributed by atoms with Crippen LogP contribution in [-0.4, -0.2) is 21.1 Å². The van der Waals surface area contributed by atoms with Crippen LogP contribution in [0.15, 0.2) is 47.7 Å². The minimum atomic E-state index is -0.467. The van der Waals surface area contributed by atoms with Crippen LogP contribution in [0.4, 0.5) is 5.69 Å². The monoisotopic (exact) mass is 300 g/mol. The van der Waals surface area contributed by atoms with E-state index in [1.54, 1.807) is 19.1 Å². The highest BCUT2D eigenvalue weighted by Crippen LogP contribution is 2.13. The number of hydrazone groups is 1. The third kappa shape index (κ3) is 3.78. The Morgan fingerprint density at radius 2 is 2.14 bits per heavy atom. The molecule has 7 heteroatoms. The van der Waals surface area contributed by atoms with E-state index >= 15 is 0 Å². The molecule has 1 heterocycles. The van der Waals surface area contributed by atoms with Crippen molar-refractivity contribution in [3.8, 4) is 0 Å². The fourth-order valence-corrected chi connectivity index (χ4v) is 1.94. The zero-order valence-electron chi connectivity index (χ0n) is 12.3. The van der Waals surface area contributed by atoms with E-state index < -0.39 is 4.92 Å². The number of aryl methyl sites for hydroxylation is 1. The van der Waals surface area contributed by atoms with E-state index in [9.17, 15) is 14.9 Å². The van der Waals surface area contributed by atoms with Crippen molar-refractivity contribution in [1.82, 2.24) is 9.99 Å². The predicted molar refractivity (Wildman–Crippen MR) is 82.6 cm³/mol.